The molecule has 0 saturated carbocycles. The van der Waals surface area contributed by atoms with Crippen molar-refractivity contribution in [1.29, 1.82) is 0 Å². The van der Waals surface area contributed by atoms with Crippen LogP contribution in [0.2, 0.25) is 0 Å². The highest BCUT2D eigenvalue weighted by molar-refractivity contribution is 6.01. The molecule has 7 nitrogen and oxygen atoms in total. The normalized spacial score (nSPS) is 12.2. The van der Waals surface area contributed by atoms with Gasteiger partial charge in [0.15, 0.2) is 0 Å². The maximum Gasteiger partial charge on any atom is 0.305 e. The number of carboxylic acids is 1. The SMILES string of the molecule is CO/N=C(\COc1ccc(COc2ccc(C(N)CC(=O)O)c(F)c2)cc1)c1ccccc1. The van der Waals surface area contributed by atoms with Crippen molar-refractivity contribution in [1.82, 2.24) is 0 Å². The Morgan fingerprint density at radius 3 is 2.36 bits per heavy atom. The number of benzene rings is 3. The van der Waals surface area contributed by atoms with Gasteiger partial charge in [-0.1, -0.05) is 53.7 Å². The smallest absolute Gasteiger partial charge is 0.305 e. The maximum atomic E-state index is 14.3. The van der Waals surface area contributed by atoms with Gasteiger partial charge in [0.05, 0.1) is 6.42 Å². The van der Waals surface area contributed by atoms with Crippen LogP contribution in [-0.4, -0.2) is 30.5 Å². The van der Waals surface area contributed by atoms with E-state index in [0.29, 0.717) is 17.2 Å². The summed E-state index contributed by atoms with van der Waals surface area (Å²) in [6.07, 6.45) is -0.351. The Hall–Kier alpha value is -3.91. The predicted molar refractivity (Wildman–Crippen MR) is 122 cm³/mol. The van der Waals surface area contributed by atoms with Crippen LogP contribution in [0.5, 0.6) is 11.5 Å². The fourth-order valence-electron chi connectivity index (χ4n) is 3.10. The molecule has 33 heavy (non-hydrogen) atoms. The Kier molecular flexibility index (Phi) is 8.37. The van der Waals surface area contributed by atoms with E-state index in [1.54, 1.807) is 6.07 Å². The fourth-order valence-corrected chi connectivity index (χ4v) is 3.10. The molecule has 3 aromatic carbocycles. The molecule has 0 amide bonds. The molecule has 0 aliphatic heterocycles. The minimum Gasteiger partial charge on any atom is -0.489 e. The van der Waals surface area contributed by atoms with Crippen molar-refractivity contribution in [3.8, 4) is 11.5 Å². The lowest BCUT2D eigenvalue weighted by Crippen LogP contribution is -2.16. The number of carbonyl (C=O) groups is 1. The first kappa shape index (κ1) is 23.7. The highest BCUT2D eigenvalue weighted by Crippen LogP contribution is 2.23. The number of rotatable bonds is 11. The molecule has 0 heterocycles. The summed E-state index contributed by atoms with van der Waals surface area (Å²) < 4.78 is 25.7. The van der Waals surface area contributed by atoms with Gasteiger partial charge in [-0.15, -0.1) is 0 Å². The number of halogens is 1. The van der Waals surface area contributed by atoms with Gasteiger partial charge in [-0.3, -0.25) is 4.79 Å². The van der Waals surface area contributed by atoms with Gasteiger partial charge in [-0.25, -0.2) is 4.39 Å². The lowest BCUT2D eigenvalue weighted by atomic mass is 10.0. The number of hydrogen-bond donors (Lipinski definition) is 2. The first-order valence-electron chi connectivity index (χ1n) is 10.2. The van der Waals surface area contributed by atoms with Gasteiger partial charge in [0.1, 0.15) is 43.4 Å². The Balaban J connectivity index is 1.55. The van der Waals surface area contributed by atoms with Crippen molar-refractivity contribution in [3.05, 3.63) is 95.3 Å². The number of oxime groups is 1. The molecule has 0 aliphatic rings. The first-order chi connectivity index (χ1) is 16.0. The minimum absolute atomic E-state index is 0.137. The van der Waals surface area contributed by atoms with Crippen LogP contribution >= 0.6 is 0 Å². The van der Waals surface area contributed by atoms with Gasteiger partial charge in [0.2, 0.25) is 0 Å². The first-order valence-corrected chi connectivity index (χ1v) is 10.2. The van der Waals surface area contributed by atoms with E-state index >= 15 is 0 Å². The molecule has 1 unspecified atom stereocenters. The third-order valence-electron chi connectivity index (χ3n) is 4.78. The number of nitrogens with zero attached hydrogens (tertiary/aromatic N) is 1. The minimum atomic E-state index is -1.09. The second-order valence-corrected chi connectivity index (χ2v) is 7.20. The van der Waals surface area contributed by atoms with Gasteiger partial charge in [0, 0.05) is 23.2 Å². The van der Waals surface area contributed by atoms with Crippen molar-refractivity contribution in [2.24, 2.45) is 10.9 Å². The zero-order valence-electron chi connectivity index (χ0n) is 18.1. The van der Waals surface area contributed by atoms with Gasteiger partial charge in [0.25, 0.3) is 0 Å². The highest BCUT2D eigenvalue weighted by atomic mass is 19.1. The molecule has 3 N–H and O–H groups in total. The number of aliphatic carboxylic acids is 1. The van der Waals surface area contributed by atoms with E-state index in [1.165, 1.54) is 19.2 Å². The Bertz CT molecular complexity index is 1090. The molecule has 0 radical (unpaired) electrons. The molecule has 0 spiro atoms. The average Bonchev–Trinajstić information content (AvgIpc) is 2.81. The maximum absolute atomic E-state index is 14.3. The van der Waals surface area contributed by atoms with E-state index in [9.17, 15) is 9.18 Å². The van der Waals surface area contributed by atoms with Crippen LogP contribution in [0.1, 0.15) is 29.2 Å². The summed E-state index contributed by atoms with van der Waals surface area (Å²) in [7, 11) is 1.49. The standard InChI is InChI=1S/C25H25FN2O5/c1-31-28-24(18-5-3-2-4-6-18)16-33-19-9-7-17(8-10-19)15-32-20-11-12-21(22(26)13-20)23(27)14-25(29)30/h2-13,23H,14-16,27H2,1H3,(H,29,30)/b28-24+. The molecule has 0 aromatic heterocycles. The van der Waals surface area contributed by atoms with Crippen molar-refractivity contribution >= 4 is 11.7 Å². The van der Waals surface area contributed by atoms with Crippen molar-refractivity contribution in [3.63, 3.8) is 0 Å². The van der Waals surface area contributed by atoms with Crippen LogP contribution in [0.3, 0.4) is 0 Å². The van der Waals surface area contributed by atoms with E-state index in [1.807, 2.05) is 54.6 Å². The number of carboxylic acid groups (broad SMARTS) is 1. The van der Waals surface area contributed by atoms with Gasteiger partial charge in [-0.05, 0) is 23.8 Å². The van der Waals surface area contributed by atoms with Crippen molar-refractivity contribution in [2.45, 2.75) is 19.1 Å². The Morgan fingerprint density at radius 2 is 1.73 bits per heavy atom. The van der Waals surface area contributed by atoms with Crippen molar-refractivity contribution in [2.75, 3.05) is 13.7 Å². The molecule has 3 rings (SSSR count). The van der Waals surface area contributed by atoms with Crippen molar-refractivity contribution < 1.29 is 28.6 Å². The lowest BCUT2D eigenvalue weighted by molar-refractivity contribution is -0.137. The number of ether oxygens (including phenoxy) is 2. The summed E-state index contributed by atoms with van der Waals surface area (Å²) in [6, 6.07) is 20.2. The highest BCUT2D eigenvalue weighted by Gasteiger charge is 2.15. The molecule has 0 saturated heterocycles. The zero-order chi connectivity index (χ0) is 23.6. The largest absolute Gasteiger partial charge is 0.489 e. The zero-order valence-corrected chi connectivity index (χ0v) is 18.1. The quantitative estimate of drug-likeness (QED) is 0.332. The summed E-state index contributed by atoms with van der Waals surface area (Å²) in [6.45, 7) is 0.462. The van der Waals surface area contributed by atoms with E-state index in [-0.39, 0.29) is 25.2 Å². The third-order valence-corrected chi connectivity index (χ3v) is 4.78. The van der Waals surface area contributed by atoms with Crippen LogP contribution in [0.25, 0.3) is 0 Å². The third kappa shape index (κ3) is 7.05. The summed E-state index contributed by atoms with van der Waals surface area (Å²) in [5, 5.41) is 12.8. The van der Waals surface area contributed by atoms with E-state index < -0.39 is 17.8 Å². The van der Waals surface area contributed by atoms with Crippen LogP contribution in [0, 0.1) is 5.82 Å². The van der Waals surface area contributed by atoms with Crippen LogP contribution in [-0.2, 0) is 16.2 Å². The topological polar surface area (TPSA) is 103 Å². The number of hydrogen-bond acceptors (Lipinski definition) is 6. The Labute approximate surface area is 191 Å². The van der Waals surface area contributed by atoms with Gasteiger partial charge < -0.3 is 25.2 Å². The molecule has 3 aromatic rings. The van der Waals surface area contributed by atoms with Crippen LogP contribution in [0.4, 0.5) is 4.39 Å². The molecule has 1 atom stereocenters. The molecular formula is C25H25FN2O5. The second kappa shape index (κ2) is 11.6. The molecule has 172 valence electrons. The summed E-state index contributed by atoms with van der Waals surface area (Å²) in [5.41, 5.74) is 8.31. The molecule has 0 aliphatic carbocycles. The predicted octanol–water partition coefficient (Wildman–Crippen LogP) is 4.31. The molecule has 0 fully saturated rings. The summed E-state index contributed by atoms with van der Waals surface area (Å²) in [5.74, 6) is -0.711. The van der Waals surface area contributed by atoms with E-state index in [4.69, 9.17) is 25.2 Å². The monoisotopic (exact) mass is 452 g/mol. The van der Waals surface area contributed by atoms with Gasteiger partial charge in [-0.2, -0.15) is 0 Å². The second-order valence-electron chi connectivity index (χ2n) is 7.20. The van der Waals surface area contributed by atoms with Crippen LogP contribution in [0.15, 0.2) is 78.0 Å². The summed E-state index contributed by atoms with van der Waals surface area (Å²) >= 11 is 0. The van der Waals surface area contributed by atoms with E-state index in [2.05, 4.69) is 5.16 Å². The average molecular weight is 452 g/mol. The van der Waals surface area contributed by atoms with Gasteiger partial charge >= 0.3 is 5.97 Å². The molecule has 0 bridgehead atoms. The fraction of sp³-hybridized carbons (Fsp3) is 0.200. The lowest BCUT2D eigenvalue weighted by Gasteiger charge is -2.13. The Morgan fingerprint density at radius 1 is 1.03 bits per heavy atom. The molecular weight excluding hydrogens is 427 g/mol. The summed E-state index contributed by atoms with van der Waals surface area (Å²) in [4.78, 5) is 15.7. The molecule has 8 heteroatoms. The van der Waals surface area contributed by atoms with Crippen LogP contribution < -0.4 is 15.2 Å². The van der Waals surface area contributed by atoms with E-state index in [0.717, 1.165) is 11.1 Å². The number of nitrogens with two attached hydrogens (primary N) is 1.